The molecule has 1 N–H and O–H groups in total. The summed E-state index contributed by atoms with van der Waals surface area (Å²) in [6, 6.07) is 15.5. The average molecular weight is 441 g/mol. The Balaban J connectivity index is 1.42. The van der Waals surface area contributed by atoms with Gasteiger partial charge in [-0.2, -0.15) is 11.3 Å². The van der Waals surface area contributed by atoms with Crippen molar-refractivity contribution >= 4 is 28.8 Å². The van der Waals surface area contributed by atoms with E-state index < -0.39 is 0 Å². The van der Waals surface area contributed by atoms with E-state index in [0.29, 0.717) is 28.7 Å². The van der Waals surface area contributed by atoms with Gasteiger partial charge in [0.25, 0.3) is 0 Å². The molecule has 2 aromatic heterocycles. The number of aryl methyl sites for hydroxylation is 1. The van der Waals surface area contributed by atoms with Crippen molar-refractivity contribution in [1.29, 1.82) is 0 Å². The SMILES string of the molecule is O=C(CCc1ncc(-c2ccccc2F)o1)NC(c1ccc(Cl)cc1)c1ccsc1. The molecule has 7 heteroatoms. The Hall–Kier alpha value is -2.96. The van der Waals surface area contributed by atoms with Crippen molar-refractivity contribution in [2.75, 3.05) is 0 Å². The van der Waals surface area contributed by atoms with E-state index in [1.165, 1.54) is 12.3 Å². The highest BCUT2D eigenvalue weighted by Gasteiger charge is 2.18. The number of carbonyl (C=O) groups excluding carboxylic acids is 1. The van der Waals surface area contributed by atoms with Crippen LogP contribution in [0.2, 0.25) is 5.02 Å². The van der Waals surface area contributed by atoms with Gasteiger partial charge in [0.15, 0.2) is 11.7 Å². The lowest BCUT2D eigenvalue weighted by molar-refractivity contribution is -0.121. The molecule has 0 spiro atoms. The van der Waals surface area contributed by atoms with Gasteiger partial charge < -0.3 is 9.73 Å². The predicted octanol–water partition coefficient (Wildman–Crippen LogP) is 6.03. The quantitative estimate of drug-likeness (QED) is 0.381. The summed E-state index contributed by atoms with van der Waals surface area (Å²) in [6.07, 6.45) is 2.00. The molecule has 0 bridgehead atoms. The summed E-state index contributed by atoms with van der Waals surface area (Å²) in [4.78, 5) is 16.8. The third kappa shape index (κ3) is 4.78. The summed E-state index contributed by atoms with van der Waals surface area (Å²) >= 11 is 7.57. The molecule has 0 aliphatic rings. The molecule has 30 heavy (non-hydrogen) atoms. The number of thiophene rings is 1. The Bertz CT molecular complexity index is 1130. The molecule has 4 rings (SSSR count). The topological polar surface area (TPSA) is 55.1 Å². The van der Waals surface area contributed by atoms with Gasteiger partial charge in [-0.05, 0) is 52.2 Å². The van der Waals surface area contributed by atoms with Crippen LogP contribution in [0.4, 0.5) is 4.39 Å². The van der Waals surface area contributed by atoms with Crippen LogP contribution in [-0.2, 0) is 11.2 Å². The molecule has 2 heterocycles. The monoisotopic (exact) mass is 440 g/mol. The fraction of sp³-hybridized carbons (Fsp3) is 0.130. The summed E-state index contributed by atoms with van der Waals surface area (Å²) in [5.41, 5.74) is 2.30. The number of nitrogens with one attached hydrogen (secondary N) is 1. The minimum absolute atomic E-state index is 0.133. The second-order valence-electron chi connectivity index (χ2n) is 6.71. The van der Waals surface area contributed by atoms with E-state index in [2.05, 4.69) is 10.3 Å². The second kappa shape index (κ2) is 9.24. The number of rotatable bonds is 7. The molecule has 0 radical (unpaired) electrons. The maximum Gasteiger partial charge on any atom is 0.221 e. The molecule has 0 aliphatic heterocycles. The first-order valence-corrected chi connectivity index (χ1v) is 10.7. The zero-order valence-electron chi connectivity index (χ0n) is 15.8. The fourth-order valence-electron chi connectivity index (χ4n) is 3.12. The largest absolute Gasteiger partial charge is 0.441 e. The van der Waals surface area contributed by atoms with E-state index in [9.17, 15) is 9.18 Å². The Morgan fingerprint density at radius 1 is 1.13 bits per heavy atom. The lowest BCUT2D eigenvalue weighted by Crippen LogP contribution is -2.29. The summed E-state index contributed by atoms with van der Waals surface area (Å²) in [5.74, 6) is 0.231. The maximum atomic E-state index is 13.9. The molecule has 152 valence electrons. The Morgan fingerprint density at radius 2 is 1.93 bits per heavy atom. The highest BCUT2D eigenvalue weighted by molar-refractivity contribution is 7.08. The van der Waals surface area contributed by atoms with Gasteiger partial charge in [0.2, 0.25) is 5.91 Å². The number of halogens is 2. The standard InChI is InChI=1S/C23H18ClFN2O2S/c24-17-7-5-15(6-8-17)23(16-11-12-30-14-16)27-21(28)9-10-22-26-13-20(29-22)18-3-1-2-4-19(18)25/h1-8,11-14,23H,9-10H2,(H,27,28). The van der Waals surface area contributed by atoms with E-state index in [0.717, 1.165) is 11.1 Å². The van der Waals surface area contributed by atoms with Crippen LogP contribution in [0.3, 0.4) is 0 Å². The van der Waals surface area contributed by atoms with Crippen molar-refractivity contribution in [2.24, 2.45) is 0 Å². The lowest BCUT2D eigenvalue weighted by Gasteiger charge is -2.18. The summed E-state index contributed by atoms with van der Waals surface area (Å²) < 4.78 is 19.5. The van der Waals surface area contributed by atoms with Gasteiger partial charge in [0.05, 0.1) is 17.8 Å². The number of amides is 1. The van der Waals surface area contributed by atoms with E-state index in [-0.39, 0.29) is 24.2 Å². The van der Waals surface area contributed by atoms with Gasteiger partial charge in [0, 0.05) is 17.9 Å². The van der Waals surface area contributed by atoms with Crippen molar-refractivity contribution in [3.05, 3.63) is 99.4 Å². The Morgan fingerprint density at radius 3 is 2.67 bits per heavy atom. The first-order chi connectivity index (χ1) is 14.6. The van der Waals surface area contributed by atoms with Crippen molar-refractivity contribution in [3.63, 3.8) is 0 Å². The van der Waals surface area contributed by atoms with Crippen molar-refractivity contribution in [3.8, 4) is 11.3 Å². The lowest BCUT2D eigenvalue weighted by atomic mass is 10.0. The number of nitrogens with zero attached hydrogens (tertiary/aromatic N) is 1. The first-order valence-electron chi connectivity index (χ1n) is 9.36. The molecule has 2 aromatic carbocycles. The van der Waals surface area contributed by atoms with Crippen LogP contribution in [0.5, 0.6) is 0 Å². The van der Waals surface area contributed by atoms with Gasteiger partial charge in [-0.3, -0.25) is 4.79 Å². The van der Waals surface area contributed by atoms with Gasteiger partial charge in [-0.15, -0.1) is 0 Å². The van der Waals surface area contributed by atoms with Gasteiger partial charge in [-0.25, -0.2) is 9.37 Å². The number of hydrogen-bond donors (Lipinski definition) is 1. The van der Waals surface area contributed by atoms with Crippen LogP contribution in [0.1, 0.15) is 29.5 Å². The summed E-state index contributed by atoms with van der Waals surface area (Å²) in [6.45, 7) is 0. The molecule has 0 fully saturated rings. The van der Waals surface area contributed by atoms with Gasteiger partial charge >= 0.3 is 0 Å². The van der Waals surface area contributed by atoms with Crippen LogP contribution >= 0.6 is 22.9 Å². The highest BCUT2D eigenvalue weighted by atomic mass is 35.5. The first kappa shape index (κ1) is 20.3. The maximum absolute atomic E-state index is 13.9. The van der Waals surface area contributed by atoms with Gasteiger partial charge in [-0.1, -0.05) is 35.9 Å². The summed E-state index contributed by atoms with van der Waals surface area (Å²) in [5, 5.41) is 7.69. The molecule has 0 saturated heterocycles. The minimum atomic E-state index is -0.375. The van der Waals surface area contributed by atoms with Crippen LogP contribution in [0.25, 0.3) is 11.3 Å². The molecule has 1 atom stereocenters. The Kier molecular flexibility index (Phi) is 6.26. The van der Waals surface area contributed by atoms with Crippen LogP contribution in [0.15, 0.2) is 76.0 Å². The molecule has 1 amide bonds. The zero-order valence-corrected chi connectivity index (χ0v) is 17.4. The number of carbonyl (C=O) groups is 1. The Labute approximate surface area is 182 Å². The van der Waals surface area contributed by atoms with Crippen molar-refractivity contribution < 1.29 is 13.6 Å². The number of oxazole rings is 1. The fourth-order valence-corrected chi connectivity index (χ4v) is 3.93. The molecule has 4 nitrogen and oxygen atoms in total. The third-order valence-corrected chi connectivity index (χ3v) is 5.60. The van der Waals surface area contributed by atoms with Crippen LogP contribution < -0.4 is 5.32 Å². The van der Waals surface area contributed by atoms with Crippen molar-refractivity contribution in [2.45, 2.75) is 18.9 Å². The zero-order chi connectivity index (χ0) is 20.9. The van der Waals surface area contributed by atoms with E-state index in [4.69, 9.17) is 16.0 Å². The molecule has 1 unspecified atom stereocenters. The average Bonchev–Trinajstić information content (AvgIpc) is 3.44. The van der Waals surface area contributed by atoms with E-state index in [1.807, 2.05) is 29.0 Å². The minimum Gasteiger partial charge on any atom is -0.441 e. The van der Waals surface area contributed by atoms with Crippen molar-refractivity contribution in [1.82, 2.24) is 10.3 Å². The highest BCUT2D eigenvalue weighted by Crippen LogP contribution is 2.26. The molecule has 0 saturated carbocycles. The van der Waals surface area contributed by atoms with E-state index >= 15 is 0 Å². The third-order valence-electron chi connectivity index (χ3n) is 4.64. The smallest absolute Gasteiger partial charge is 0.221 e. The molecular weight excluding hydrogens is 423 g/mol. The number of hydrogen-bond acceptors (Lipinski definition) is 4. The second-order valence-corrected chi connectivity index (χ2v) is 7.92. The van der Waals surface area contributed by atoms with Gasteiger partial charge in [0.1, 0.15) is 5.82 Å². The predicted molar refractivity (Wildman–Crippen MR) is 116 cm³/mol. The molecule has 4 aromatic rings. The normalized spacial score (nSPS) is 11.9. The van der Waals surface area contributed by atoms with Crippen LogP contribution in [0, 0.1) is 5.82 Å². The summed E-state index contributed by atoms with van der Waals surface area (Å²) in [7, 11) is 0. The number of benzene rings is 2. The molecular formula is C23H18ClFN2O2S. The number of aromatic nitrogens is 1. The molecule has 0 aliphatic carbocycles. The van der Waals surface area contributed by atoms with Crippen LogP contribution in [-0.4, -0.2) is 10.9 Å². The van der Waals surface area contributed by atoms with E-state index in [1.54, 1.807) is 41.7 Å².